The fraction of sp³-hybridized carbons (Fsp3) is 0.636. The molecule has 1 saturated carbocycles. The molecule has 1 aliphatic carbocycles. The average Bonchev–Trinajstić information content (AvgIpc) is 3.39. The van der Waals surface area contributed by atoms with Gasteiger partial charge in [-0.15, -0.1) is 0 Å². The SMILES string of the molecule is CCNC(=NCc1cccc(COC)c1)NC1CCN(C(=O)C2CCCC2)C1. The Hall–Kier alpha value is -2.08. The molecule has 2 fully saturated rings. The van der Waals surface area contributed by atoms with Crippen molar-refractivity contribution in [2.24, 2.45) is 10.9 Å². The minimum Gasteiger partial charge on any atom is -0.380 e. The number of carbonyl (C=O) groups is 1. The predicted molar refractivity (Wildman–Crippen MR) is 112 cm³/mol. The summed E-state index contributed by atoms with van der Waals surface area (Å²) >= 11 is 0. The molecule has 28 heavy (non-hydrogen) atoms. The molecule has 1 aromatic carbocycles. The third kappa shape index (κ3) is 5.71. The summed E-state index contributed by atoms with van der Waals surface area (Å²) in [7, 11) is 1.71. The fourth-order valence-electron chi connectivity index (χ4n) is 4.18. The van der Waals surface area contributed by atoms with Crippen LogP contribution in [0.2, 0.25) is 0 Å². The lowest BCUT2D eigenvalue weighted by Gasteiger charge is -2.21. The highest BCUT2D eigenvalue weighted by Crippen LogP contribution is 2.27. The smallest absolute Gasteiger partial charge is 0.225 e. The van der Waals surface area contributed by atoms with E-state index in [0.717, 1.165) is 56.0 Å². The van der Waals surface area contributed by atoms with Gasteiger partial charge in [-0.1, -0.05) is 37.1 Å². The topological polar surface area (TPSA) is 66.0 Å². The van der Waals surface area contributed by atoms with Crippen LogP contribution in [0, 0.1) is 5.92 Å². The molecule has 2 aliphatic rings. The van der Waals surface area contributed by atoms with Crippen LogP contribution in [0.5, 0.6) is 0 Å². The predicted octanol–water partition coefficient (Wildman–Crippen LogP) is 2.68. The van der Waals surface area contributed by atoms with Crippen molar-refractivity contribution in [3.05, 3.63) is 35.4 Å². The maximum Gasteiger partial charge on any atom is 0.225 e. The van der Waals surface area contributed by atoms with Crippen molar-refractivity contribution in [3.63, 3.8) is 0 Å². The molecule has 1 unspecified atom stereocenters. The second kappa shape index (κ2) is 10.5. The number of carbonyl (C=O) groups excluding carboxylic acids is 1. The van der Waals surface area contributed by atoms with Crippen molar-refractivity contribution in [2.45, 2.75) is 58.2 Å². The van der Waals surface area contributed by atoms with Crippen LogP contribution in [0.3, 0.4) is 0 Å². The summed E-state index contributed by atoms with van der Waals surface area (Å²) in [5.74, 6) is 1.44. The molecule has 1 saturated heterocycles. The van der Waals surface area contributed by atoms with Crippen molar-refractivity contribution < 1.29 is 9.53 Å². The quantitative estimate of drug-likeness (QED) is 0.559. The molecule has 1 aliphatic heterocycles. The third-order valence-electron chi connectivity index (χ3n) is 5.61. The molecule has 0 aromatic heterocycles. The van der Waals surface area contributed by atoms with Gasteiger partial charge in [0.25, 0.3) is 0 Å². The zero-order chi connectivity index (χ0) is 19.8. The van der Waals surface area contributed by atoms with E-state index in [2.05, 4.69) is 35.8 Å². The molecule has 154 valence electrons. The number of amides is 1. The van der Waals surface area contributed by atoms with Crippen LogP contribution in [0.1, 0.15) is 50.2 Å². The van der Waals surface area contributed by atoms with Crippen molar-refractivity contribution >= 4 is 11.9 Å². The van der Waals surface area contributed by atoms with E-state index >= 15 is 0 Å². The highest BCUT2D eigenvalue weighted by molar-refractivity contribution is 5.81. The molecular weight excluding hydrogens is 352 g/mol. The summed E-state index contributed by atoms with van der Waals surface area (Å²) in [6.45, 7) is 5.75. The first-order valence-corrected chi connectivity index (χ1v) is 10.6. The number of hydrogen-bond acceptors (Lipinski definition) is 3. The van der Waals surface area contributed by atoms with Gasteiger partial charge in [-0.25, -0.2) is 4.99 Å². The first-order valence-electron chi connectivity index (χ1n) is 10.6. The normalized spacial score (nSPS) is 20.6. The minimum absolute atomic E-state index is 0.264. The number of likely N-dealkylation sites (tertiary alicyclic amines) is 1. The van der Waals surface area contributed by atoms with Crippen molar-refractivity contribution in [2.75, 3.05) is 26.7 Å². The van der Waals surface area contributed by atoms with Gasteiger partial charge < -0.3 is 20.3 Å². The van der Waals surface area contributed by atoms with Crippen LogP contribution in [-0.4, -0.2) is 49.6 Å². The molecule has 0 spiro atoms. The Morgan fingerprint density at radius 1 is 1.25 bits per heavy atom. The summed E-state index contributed by atoms with van der Waals surface area (Å²) in [4.78, 5) is 19.4. The standard InChI is InChI=1S/C22H34N4O2/c1-3-23-22(24-14-17-7-6-8-18(13-17)16-28-2)25-20-11-12-26(15-20)21(27)19-9-4-5-10-19/h6-8,13,19-20H,3-5,9-12,14-16H2,1-2H3,(H2,23,24,25). The van der Waals surface area contributed by atoms with Crippen LogP contribution in [0.15, 0.2) is 29.3 Å². The molecule has 0 radical (unpaired) electrons. The Morgan fingerprint density at radius 3 is 2.79 bits per heavy atom. The van der Waals surface area contributed by atoms with E-state index in [9.17, 15) is 4.79 Å². The minimum atomic E-state index is 0.264. The number of methoxy groups -OCH3 is 1. The number of rotatable bonds is 7. The summed E-state index contributed by atoms with van der Waals surface area (Å²) in [6, 6.07) is 8.60. The van der Waals surface area contributed by atoms with Gasteiger partial charge in [0.1, 0.15) is 0 Å². The molecule has 1 atom stereocenters. The summed E-state index contributed by atoms with van der Waals surface area (Å²) < 4.78 is 5.21. The van der Waals surface area contributed by atoms with Gasteiger partial charge in [0.05, 0.1) is 13.2 Å². The summed E-state index contributed by atoms with van der Waals surface area (Å²) in [6.07, 6.45) is 5.52. The highest BCUT2D eigenvalue weighted by atomic mass is 16.5. The third-order valence-corrected chi connectivity index (χ3v) is 5.61. The first-order chi connectivity index (χ1) is 13.7. The lowest BCUT2D eigenvalue weighted by Crippen LogP contribution is -2.45. The van der Waals surface area contributed by atoms with Gasteiger partial charge in [0.2, 0.25) is 5.91 Å². The average molecular weight is 387 g/mol. The van der Waals surface area contributed by atoms with E-state index in [1.165, 1.54) is 12.8 Å². The summed E-state index contributed by atoms with van der Waals surface area (Å²) in [5.41, 5.74) is 2.32. The van der Waals surface area contributed by atoms with Crippen LogP contribution >= 0.6 is 0 Å². The van der Waals surface area contributed by atoms with E-state index in [1.807, 2.05) is 11.0 Å². The Bertz CT molecular complexity index is 670. The molecule has 1 amide bonds. The molecule has 6 nitrogen and oxygen atoms in total. The van der Waals surface area contributed by atoms with Gasteiger partial charge in [-0.05, 0) is 37.3 Å². The molecular formula is C22H34N4O2. The van der Waals surface area contributed by atoms with Gasteiger partial charge in [-0.3, -0.25) is 4.79 Å². The Kier molecular flexibility index (Phi) is 7.71. The molecule has 2 N–H and O–H groups in total. The van der Waals surface area contributed by atoms with E-state index < -0.39 is 0 Å². The number of benzene rings is 1. The van der Waals surface area contributed by atoms with Crippen LogP contribution in [-0.2, 0) is 22.7 Å². The number of ether oxygens (including phenoxy) is 1. The Morgan fingerprint density at radius 2 is 2.04 bits per heavy atom. The van der Waals surface area contributed by atoms with Crippen LogP contribution in [0.4, 0.5) is 0 Å². The monoisotopic (exact) mass is 386 g/mol. The Labute approximate surface area is 168 Å². The van der Waals surface area contributed by atoms with Gasteiger partial charge in [-0.2, -0.15) is 0 Å². The largest absolute Gasteiger partial charge is 0.380 e. The zero-order valence-corrected chi connectivity index (χ0v) is 17.2. The Balaban J connectivity index is 1.54. The number of nitrogens with one attached hydrogen (secondary N) is 2. The number of hydrogen-bond donors (Lipinski definition) is 2. The lowest BCUT2D eigenvalue weighted by molar-refractivity contribution is -0.134. The van der Waals surface area contributed by atoms with Gasteiger partial charge in [0.15, 0.2) is 5.96 Å². The van der Waals surface area contributed by atoms with E-state index in [4.69, 9.17) is 9.73 Å². The van der Waals surface area contributed by atoms with Gasteiger partial charge in [0, 0.05) is 38.7 Å². The van der Waals surface area contributed by atoms with Gasteiger partial charge >= 0.3 is 0 Å². The maximum absolute atomic E-state index is 12.6. The first kappa shape index (κ1) is 20.6. The molecule has 6 heteroatoms. The van der Waals surface area contributed by atoms with Crippen LogP contribution in [0.25, 0.3) is 0 Å². The molecule has 3 rings (SSSR count). The lowest BCUT2D eigenvalue weighted by atomic mass is 10.1. The maximum atomic E-state index is 12.6. The highest BCUT2D eigenvalue weighted by Gasteiger charge is 2.32. The second-order valence-electron chi connectivity index (χ2n) is 7.84. The fourth-order valence-corrected chi connectivity index (χ4v) is 4.18. The van der Waals surface area contributed by atoms with E-state index in [-0.39, 0.29) is 12.0 Å². The van der Waals surface area contributed by atoms with Crippen molar-refractivity contribution in [1.29, 1.82) is 0 Å². The summed E-state index contributed by atoms with van der Waals surface area (Å²) in [5, 5.41) is 6.85. The molecule has 1 aromatic rings. The number of nitrogens with zero attached hydrogens (tertiary/aromatic N) is 2. The molecule has 1 heterocycles. The van der Waals surface area contributed by atoms with E-state index in [1.54, 1.807) is 7.11 Å². The van der Waals surface area contributed by atoms with Crippen molar-refractivity contribution in [1.82, 2.24) is 15.5 Å². The van der Waals surface area contributed by atoms with E-state index in [0.29, 0.717) is 19.1 Å². The van der Waals surface area contributed by atoms with Crippen molar-refractivity contribution in [3.8, 4) is 0 Å². The number of guanidine groups is 1. The second-order valence-corrected chi connectivity index (χ2v) is 7.84. The zero-order valence-electron chi connectivity index (χ0n) is 17.2. The number of aliphatic imine (C=N–C) groups is 1. The van der Waals surface area contributed by atoms with Crippen LogP contribution < -0.4 is 10.6 Å². The molecule has 0 bridgehead atoms.